The van der Waals surface area contributed by atoms with Crippen LogP contribution < -0.4 is 5.73 Å². The minimum absolute atomic E-state index is 1.07. The van der Waals surface area contributed by atoms with E-state index in [0.717, 1.165) is 6.42 Å². The first-order valence-corrected chi connectivity index (χ1v) is 3.63. The molecule has 0 heterocycles. The van der Waals surface area contributed by atoms with Gasteiger partial charge in [0.2, 0.25) is 0 Å². The average molecular weight is 118 g/mol. The Kier molecular flexibility index (Phi) is 4.25. The summed E-state index contributed by atoms with van der Waals surface area (Å²) in [5.41, 5.74) is 5.00. The van der Waals surface area contributed by atoms with Crippen LogP contribution in [-0.2, 0) is 0 Å². The van der Waals surface area contributed by atoms with Gasteiger partial charge in [-0.3, -0.25) is 0 Å². The van der Waals surface area contributed by atoms with E-state index in [1.165, 1.54) is 5.70 Å². The number of rotatable bonds is 2. The highest BCUT2D eigenvalue weighted by atomic mass is 32.2. The monoisotopic (exact) mass is 118 g/mol. The van der Waals surface area contributed by atoms with Gasteiger partial charge in [0.05, 0.1) is 0 Å². The fourth-order valence-electron chi connectivity index (χ4n) is 0.250. The summed E-state index contributed by atoms with van der Waals surface area (Å²) in [6.45, 7) is 2.11. The third kappa shape index (κ3) is 3.89. The molecule has 42 valence electrons. The minimum Gasteiger partial charge on any atom is -0.328 e. The van der Waals surface area contributed by atoms with E-state index in [0.29, 0.717) is 0 Å². The molecule has 0 saturated carbocycles. The van der Waals surface area contributed by atoms with Crippen molar-refractivity contribution in [3.05, 3.63) is 11.1 Å². The number of allylic oxidation sites excluding steroid dienone is 1. The van der Waals surface area contributed by atoms with Crippen LogP contribution in [-0.4, -0.2) is 6.26 Å². The summed E-state index contributed by atoms with van der Waals surface area (Å²) in [6, 6.07) is 0. The van der Waals surface area contributed by atoms with Crippen molar-refractivity contribution in [3.63, 3.8) is 0 Å². The fraction of sp³-hybridized carbons (Fsp3) is 0.600. The molecule has 0 amide bonds. The molecule has 0 rings (SSSR count). The molecule has 0 aromatic rings. The molecule has 0 spiro atoms. The van der Waals surface area contributed by atoms with Gasteiger partial charge in [0.15, 0.2) is 0 Å². The highest BCUT2D eigenvalue weighted by Crippen LogP contribution is 1.97. The Bertz CT molecular complexity index is 68.5. The van der Waals surface area contributed by atoms with Gasteiger partial charge in [-0.2, -0.15) is 0 Å². The van der Waals surface area contributed by atoms with Gasteiger partial charge in [-0.15, -0.1) is 11.8 Å². The van der Waals surface area contributed by atoms with Crippen molar-refractivity contribution in [1.29, 1.82) is 0 Å². The molecule has 0 aromatic carbocycles. The zero-order valence-electron chi connectivity index (χ0n) is 4.90. The van der Waals surface area contributed by atoms with E-state index in [-0.39, 0.29) is 0 Å². The topological polar surface area (TPSA) is 27.6 Å². The van der Waals surface area contributed by atoms with Gasteiger partial charge >= 0.3 is 0 Å². The molecule has 0 unspecified atom stereocenters. The molecule has 0 aliphatic rings. The van der Waals surface area contributed by atoms with Crippen LogP contribution >= 0.6 is 11.8 Å². The average Bonchev–Trinajstić information content (AvgIpc) is 1.68. The largest absolute Gasteiger partial charge is 0.328 e. The van der Waals surface area contributed by atoms with E-state index in [1.54, 1.807) is 11.8 Å². The smallest absolute Gasteiger partial charge is 0.110 e. The predicted molar refractivity (Wildman–Crippen MR) is 34.8 cm³/mol. The van der Waals surface area contributed by atoms with Gasteiger partial charge in [-0.1, -0.05) is 6.92 Å². The number of hydrogen-bond acceptors (Lipinski definition) is 1. The maximum Gasteiger partial charge on any atom is 0.110 e. The maximum atomic E-state index is 3.79. The van der Waals surface area contributed by atoms with Gasteiger partial charge in [-0.25, -0.2) is 0 Å². The Hall–Kier alpha value is 0.0500. The van der Waals surface area contributed by atoms with Crippen LogP contribution in [0.1, 0.15) is 13.3 Å². The molecule has 0 radical (unpaired) electrons. The first kappa shape index (κ1) is 7.05. The Morgan fingerprint density at radius 2 is 2.43 bits per heavy atom. The lowest BCUT2D eigenvalue weighted by Crippen LogP contribution is -2.46. The van der Waals surface area contributed by atoms with E-state index < -0.39 is 0 Å². The van der Waals surface area contributed by atoms with Crippen molar-refractivity contribution in [2.75, 3.05) is 6.26 Å². The first-order valence-electron chi connectivity index (χ1n) is 2.35. The van der Waals surface area contributed by atoms with E-state index in [4.69, 9.17) is 0 Å². The normalized spacial score (nSPS) is 12.1. The molecule has 2 heteroatoms. The van der Waals surface area contributed by atoms with Crippen LogP contribution in [0, 0.1) is 0 Å². The third-order valence-corrected chi connectivity index (χ3v) is 1.31. The first-order chi connectivity index (χ1) is 3.31. The van der Waals surface area contributed by atoms with Crippen molar-refractivity contribution in [1.82, 2.24) is 0 Å². The second-order valence-corrected chi connectivity index (χ2v) is 2.07. The molecule has 0 aliphatic heterocycles. The molecule has 0 fully saturated rings. The van der Waals surface area contributed by atoms with Crippen LogP contribution in [0.4, 0.5) is 0 Å². The molecule has 7 heavy (non-hydrogen) atoms. The van der Waals surface area contributed by atoms with Crippen molar-refractivity contribution in [3.8, 4) is 0 Å². The highest BCUT2D eigenvalue weighted by Gasteiger charge is 1.83. The van der Waals surface area contributed by atoms with E-state index in [1.807, 2.05) is 6.26 Å². The van der Waals surface area contributed by atoms with Crippen LogP contribution in [0.15, 0.2) is 11.1 Å². The molecule has 3 N–H and O–H groups in total. The SMILES string of the molecule is CCC([NH3+])=CSC. The summed E-state index contributed by atoms with van der Waals surface area (Å²) in [5, 5.41) is 2.07. The van der Waals surface area contributed by atoms with Crippen molar-refractivity contribution in [2.24, 2.45) is 0 Å². The van der Waals surface area contributed by atoms with Crippen molar-refractivity contribution < 1.29 is 5.73 Å². The molecule has 0 aliphatic carbocycles. The third-order valence-electron chi connectivity index (χ3n) is 0.739. The Morgan fingerprint density at radius 3 is 2.57 bits per heavy atom. The summed E-state index contributed by atoms with van der Waals surface area (Å²) in [6.07, 6.45) is 3.11. The second kappa shape index (κ2) is 4.22. The second-order valence-electron chi connectivity index (χ2n) is 1.37. The van der Waals surface area contributed by atoms with E-state index >= 15 is 0 Å². The molecule has 0 bridgehead atoms. The lowest BCUT2D eigenvalue weighted by Gasteiger charge is -1.83. The highest BCUT2D eigenvalue weighted by molar-refractivity contribution is 8.01. The molecular weight excluding hydrogens is 106 g/mol. The Labute approximate surface area is 49.0 Å². The van der Waals surface area contributed by atoms with Crippen molar-refractivity contribution >= 4 is 11.8 Å². The quantitative estimate of drug-likeness (QED) is 0.571. The van der Waals surface area contributed by atoms with Crippen LogP contribution in [0.25, 0.3) is 0 Å². The van der Waals surface area contributed by atoms with Crippen LogP contribution in [0.3, 0.4) is 0 Å². The lowest BCUT2D eigenvalue weighted by molar-refractivity contribution is -0.305. The number of hydrogen-bond donors (Lipinski definition) is 1. The zero-order valence-corrected chi connectivity index (χ0v) is 5.72. The standard InChI is InChI=1S/C5H11NS/c1-3-5(6)4-7-2/h4H,3,6H2,1-2H3/p+1. The summed E-state index contributed by atoms with van der Waals surface area (Å²) < 4.78 is 0. The molecular formula is C5H12NS+. The van der Waals surface area contributed by atoms with Gasteiger partial charge in [0, 0.05) is 11.8 Å². The summed E-state index contributed by atoms with van der Waals surface area (Å²) in [5.74, 6) is 0. The predicted octanol–water partition coefficient (Wildman–Crippen LogP) is 0.843. The summed E-state index contributed by atoms with van der Waals surface area (Å²) in [7, 11) is 0. The van der Waals surface area contributed by atoms with Crippen LogP contribution in [0.2, 0.25) is 0 Å². The molecule has 1 nitrogen and oxygen atoms in total. The fourth-order valence-corrected chi connectivity index (χ4v) is 0.750. The maximum absolute atomic E-state index is 3.79. The molecule has 0 aromatic heterocycles. The summed E-state index contributed by atoms with van der Waals surface area (Å²) in [4.78, 5) is 0. The Morgan fingerprint density at radius 1 is 1.86 bits per heavy atom. The van der Waals surface area contributed by atoms with Gasteiger partial charge in [0.25, 0.3) is 0 Å². The van der Waals surface area contributed by atoms with Crippen LogP contribution in [0.5, 0.6) is 0 Å². The van der Waals surface area contributed by atoms with Gasteiger partial charge < -0.3 is 5.73 Å². The van der Waals surface area contributed by atoms with Gasteiger partial charge in [0.1, 0.15) is 5.70 Å². The zero-order chi connectivity index (χ0) is 5.70. The van der Waals surface area contributed by atoms with Crippen molar-refractivity contribution in [2.45, 2.75) is 13.3 Å². The number of quaternary nitrogens is 1. The number of thioether (sulfide) groups is 1. The van der Waals surface area contributed by atoms with E-state index in [9.17, 15) is 0 Å². The minimum atomic E-state index is 1.07. The molecule has 0 atom stereocenters. The lowest BCUT2D eigenvalue weighted by atomic mass is 10.4. The van der Waals surface area contributed by atoms with E-state index in [2.05, 4.69) is 18.1 Å². The summed E-state index contributed by atoms with van der Waals surface area (Å²) >= 11 is 1.71. The molecule has 0 saturated heterocycles. The van der Waals surface area contributed by atoms with Gasteiger partial charge in [-0.05, 0) is 6.26 Å². The Balaban J connectivity index is 3.29.